The van der Waals surface area contributed by atoms with Gasteiger partial charge < -0.3 is 4.90 Å². The highest BCUT2D eigenvalue weighted by Crippen LogP contribution is 2.08. The minimum atomic E-state index is -0.838. The zero-order valence-corrected chi connectivity index (χ0v) is 8.81. The van der Waals surface area contributed by atoms with Crippen LogP contribution in [0.2, 0.25) is 25.7 Å². The summed E-state index contributed by atoms with van der Waals surface area (Å²) in [6, 6.07) is 1.28. The summed E-state index contributed by atoms with van der Waals surface area (Å²) < 4.78 is 0. The Bertz CT molecular complexity index is 111. The number of nitrogens with zero attached hydrogens (tertiary/aromatic N) is 1. The van der Waals surface area contributed by atoms with Gasteiger partial charge in [0.15, 0.2) is 0 Å². The van der Waals surface area contributed by atoms with E-state index in [4.69, 9.17) is 0 Å². The highest BCUT2D eigenvalue weighted by atomic mass is 28.3. The Morgan fingerprint density at radius 2 is 1.70 bits per heavy atom. The standard InChI is InChI=1S/C8H19NSi/c1-9(2)7-6-8-10(3,4)5/h6-7H,8H2,1-5H3. The molecule has 10 heavy (non-hydrogen) atoms. The average molecular weight is 157 g/mol. The third-order valence-electron chi connectivity index (χ3n) is 1.13. The van der Waals surface area contributed by atoms with Gasteiger partial charge in [0, 0.05) is 22.2 Å². The second-order valence-corrected chi connectivity index (χ2v) is 9.64. The Balaban J connectivity index is 3.54. The van der Waals surface area contributed by atoms with E-state index < -0.39 is 8.07 Å². The highest BCUT2D eigenvalue weighted by molar-refractivity contribution is 6.76. The van der Waals surface area contributed by atoms with E-state index in [1.165, 1.54) is 6.04 Å². The van der Waals surface area contributed by atoms with Gasteiger partial charge in [0.05, 0.1) is 0 Å². The van der Waals surface area contributed by atoms with Gasteiger partial charge in [-0.3, -0.25) is 0 Å². The van der Waals surface area contributed by atoms with E-state index >= 15 is 0 Å². The Labute approximate surface area is 65.7 Å². The zero-order valence-electron chi connectivity index (χ0n) is 7.81. The quantitative estimate of drug-likeness (QED) is 0.569. The molecule has 0 saturated heterocycles. The molecule has 0 amide bonds. The second kappa shape index (κ2) is 3.81. The van der Waals surface area contributed by atoms with Crippen LogP contribution in [0.15, 0.2) is 12.3 Å². The molecule has 1 nitrogen and oxygen atoms in total. The maximum atomic E-state index is 2.38. The van der Waals surface area contributed by atoms with E-state index in [0.29, 0.717) is 0 Å². The van der Waals surface area contributed by atoms with Crippen LogP contribution in [0.5, 0.6) is 0 Å². The van der Waals surface area contributed by atoms with Gasteiger partial charge >= 0.3 is 0 Å². The lowest BCUT2D eigenvalue weighted by molar-refractivity contribution is 0.563. The average Bonchev–Trinajstić information content (AvgIpc) is 1.59. The number of rotatable bonds is 3. The molecular weight excluding hydrogens is 138 g/mol. The Hall–Kier alpha value is -0.243. The Morgan fingerprint density at radius 1 is 1.20 bits per heavy atom. The monoisotopic (exact) mass is 157 g/mol. The maximum Gasteiger partial charge on any atom is 0.0480 e. The van der Waals surface area contributed by atoms with E-state index in [0.717, 1.165) is 0 Å². The SMILES string of the molecule is CN(C)C=CC[Si](C)(C)C. The smallest absolute Gasteiger partial charge is 0.0480 e. The first-order valence-electron chi connectivity index (χ1n) is 3.75. The molecule has 2 heteroatoms. The minimum absolute atomic E-state index is 0.838. The molecule has 0 heterocycles. The first-order chi connectivity index (χ1) is 4.42. The number of hydrogen-bond donors (Lipinski definition) is 0. The van der Waals surface area contributed by atoms with Crippen molar-refractivity contribution in [3.63, 3.8) is 0 Å². The molecule has 60 valence electrons. The molecule has 0 fully saturated rings. The summed E-state index contributed by atoms with van der Waals surface area (Å²) in [6.45, 7) is 7.15. The molecule has 0 atom stereocenters. The summed E-state index contributed by atoms with van der Waals surface area (Å²) in [7, 11) is 3.28. The van der Waals surface area contributed by atoms with Crippen molar-refractivity contribution in [3.05, 3.63) is 12.3 Å². The van der Waals surface area contributed by atoms with Gasteiger partial charge in [-0.05, 0) is 12.2 Å². The zero-order chi connectivity index (χ0) is 8.20. The van der Waals surface area contributed by atoms with Crippen LogP contribution in [0.25, 0.3) is 0 Å². The van der Waals surface area contributed by atoms with Gasteiger partial charge in [0.1, 0.15) is 0 Å². The highest BCUT2D eigenvalue weighted by Gasteiger charge is 2.09. The van der Waals surface area contributed by atoms with Crippen molar-refractivity contribution in [3.8, 4) is 0 Å². The van der Waals surface area contributed by atoms with Crippen molar-refractivity contribution in [2.45, 2.75) is 25.7 Å². The first kappa shape index (κ1) is 9.76. The van der Waals surface area contributed by atoms with Crippen LogP contribution in [0.3, 0.4) is 0 Å². The van der Waals surface area contributed by atoms with E-state index in [-0.39, 0.29) is 0 Å². The van der Waals surface area contributed by atoms with Crippen molar-refractivity contribution in [2.24, 2.45) is 0 Å². The molecule has 0 aromatic rings. The minimum Gasteiger partial charge on any atom is -0.384 e. The molecular formula is C8H19NSi. The second-order valence-electron chi connectivity index (χ2n) is 4.11. The summed E-state index contributed by atoms with van der Waals surface area (Å²) in [5.41, 5.74) is 0. The van der Waals surface area contributed by atoms with E-state index in [1.807, 2.05) is 0 Å². The van der Waals surface area contributed by atoms with Crippen LogP contribution >= 0.6 is 0 Å². The van der Waals surface area contributed by atoms with Crippen molar-refractivity contribution in [2.75, 3.05) is 14.1 Å². The van der Waals surface area contributed by atoms with Crippen molar-refractivity contribution in [1.82, 2.24) is 4.90 Å². The predicted octanol–water partition coefficient (Wildman–Crippen LogP) is 2.40. The molecule has 0 N–H and O–H groups in total. The van der Waals surface area contributed by atoms with Gasteiger partial charge in [-0.25, -0.2) is 0 Å². The van der Waals surface area contributed by atoms with E-state index in [2.05, 4.69) is 50.9 Å². The third kappa shape index (κ3) is 7.76. The molecule has 0 bridgehead atoms. The van der Waals surface area contributed by atoms with E-state index in [1.54, 1.807) is 0 Å². The van der Waals surface area contributed by atoms with Crippen LogP contribution in [0, 0.1) is 0 Å². The van der Waals surface area contributed by atoms with Gasteiger partial charge in [0.2, 0.25) is 0 Å². The lowest BCUT2D eigenvalue weighted by atomic mass is 10.6. The lowest BCUT2D eigenvalue weighted by Crippen LogP contribution is -2.17. The fourth-order valence-electron chi connectivity index (χ4n) is 0.617. The maximum absolute atomic E-state index is 2.38. The molecule has 0 aromatic carbocycles. The molecule has 0 aliphatic heterocycles. The fourth-order valence-corrected chi connectivity index (χ4v) is 1.43. The number of hydrogen-bond acceptors (Lipinski definition) is 1. The van der Waals surface area contributed by atoms with Crippen LogP contribution < -0.4 is 0 Å². The predicted molar refractivity (Wildman–Crippen MR) is 51.0 cm³/mol. The van der Waals surface area contributed by atoms with Gasteiger partial charge in [-0.2, -0.15) is 0 Å². The molecule has 0 spiro atoms. The largest absolute Gasteiger partial charge is 0.384 e. The van der Waals surface area contributed by atoms with Gasteiger partial charge in [-0.1, -0.05) is 25.7 Å². The third-order valence-corrected chi connectivity index (χ3v) is 2.59. The van der Waals surface area contributed by atoms with Crippen LogP contribution in [0.1, 0.15) is 0 Å². The lowest BCUT2D eigenvalue weighted by Gasteiger charge is -2.12. The normalized spacial score (nSPS) is 12.5. The van der Waals surface area contributed by atoms with Crippen LogP contribution in [-0.4, -0.2) is 27.1 Å². The van der Waals surface area contributed by atoms with Gasteiger partial charge in [-0.15, -0.1) is 0 Å². The summed E-state index contributed by atoms with van der Waals surface area (Å²) in [5.74, 6) is 0. The molecule has 0 radical (unpaired) electrons. The van der Waals surface area contributed by atoms with Crippen molar-refractivity contribution >= 4 is 8.07 Å². The van der Waals surface area contributed by atoms with Crippen molar-refractivity contribution < 1.29 is 0 Å². The molecule has 0 aliphatic rings. The van der Waals surface area contributed by atoms with E-state index in [9.17, 15) is 0 Å². The summed E-state index contributed by atoms with van der Waals surface area (Å²) in [4.78, 5) is 2.08. The van der Waals surface area contributed by atoms with Crippen molar-refractivity contribution in [1.29, 1.82) is 0 Å². The topological polar surface area (TPSA) is 3.24 Å². The van der Waals surface area contributed by atoms with Gasteiger partial charge in [0.25, 0.3) is 0 Å². The fraction of sp³-hybridized carbons (Fsp3) is 0.750. The summed E-state index contributed by atoms with van der Waals surface area (Å²) >= 11 is 0. The summed E-state index contributed by atoms with van der Waals surface area (Å²) in [6.07, 6.45) is 4.41. The molecule has 0 saturated carbocycles. The molecule has 0 unspecified atom stereocenters. The molecule has 0 rings (SSSR count). The molecule has 0 aliphatic carbocycles. The Kier molecular flexibility index (Phi) is 3.72. The van der Waals surface area contributed by atoms with Crippen LogP contribution in [0.4, 0.5) is 0 Å². The number of allylic oxidation sites excluding steroid dienone is 1. The molecule has 0 aromatic heterocycles. The Morgan fingerprint density at radius 3 is 2.00 bits per heavy atom. The van der Waals surface area contributed by atoms with Crippen LogP contribution in [-0.2, 0) is 0 Å². The first-order valence-corrected chi connectivity index (χ1v) is 7.45. The summed E-state index contributed by atoms with van der Waals surface area (Å²) in [5, 5.41) is 0.